The van der Waals surface area contributed by atoms with Crippen LogP contribution in [0.1, 0.15) is 183 Å². The maximum Gasteiger partial charge on any atom is 0.228 e. The molecule has 68 heavy (non-hydrogen) atoms. The van der Waals surface area contributed by atoms with Crippen LogP contribution in [0.15, 0.2) is 121 Å². The highest BCUT2D eigenvalue weighted by molar-refractivity contribution is 5.84. The van der Waals surface area contributed by atoms with Crippen molar-refractivity contribution >= 4 is 23.6 Å². The molecule has 0 aliphatic heterocycles. The Kier molecular flexibility index (Phi) is 20.4. The van der Waals surface area contributed by atoms with Crippen LogP contribution >= 0.6 is 0 Å². The molecule has 0 spiro atoms. The lowest BCUT2D eigenvalue weighted by Crippen LogP contribution is -2.44. The monoisotopic (exact) mass is 929 g/mol. The summed E-state index contributed by atoms with van der Waals surface area (Å²) in [5.74, 6) is 0.746. The van der Waals surface area contributed by atoms with Crippen molar-refractivity contribution in [3.63, 3.8) is 0 Å². The molecular formula is C60H88N4O4. The fourth-order valence-corrected chi connectivity index (χ4v) is 7.54. The Labute approximate surface area is 412 Å². The molecule has 0 radical (unpaired) electrons. The number of rotatable bonds is 16. The zero-order chi connectivity index (χ0) is 51.1. The van der Waals surface area contributed by atoms with Gasteiger partial charge in [0.15, 0.2) is 0 Å². The van der Waals surface area contributed by atoms with E-state index in [1.54, 1.807) is 0 Å². The second kappa shape index (κ2) is 24.4. The minimum Gasteiger partial charge on any atom is -0.349 e. The van der Waals surface area contributed by atoms with E-state index in [2.05, 4.69) is 86.9 Å². The summed E-state index contributed by atoms with van der Waals surface area (Å²) < 4.78 is 0. The minimum absolute atomic E-state index is 0.0369. The van der Waals surface area contributed by atoms with Gasteiger partial charge in [-0.2, -0.15) is 0 Å². The van der Waals surface area contributed by atoms with Gasteiger partial charge in [0.2, 0.25) is 23.6 Å². The van der Waals surface area contributed by atoms with E-state index in [1.165, 1.54) is 16.7 Å². The number of amides is 4. The van der Waals surface area contributed by atoms with Crippen LogP contribution in [0.2, 0.25) is 0 Å². The van der Waals surface area contributed by atoms with Gasteiger partial charge in [-0.15, -0.1) is 0 Å². The standard InChI is InChI=1S/C16H23NO.C15H21NO.C15H23NO.C14H21NO/c1-5-15(2,3)14(18)17(4)16(11-12-16)13-9-7-6-8-10-13;1-4-14(2,3)13(17)16-15(10-11-15)12-8-6-5-7-9-12;1-6-15(3,4)14(17)16(5)12(2)13-10-8-7-9-11-13;1-5-14(3,4)13(16)15-11(2)12-9-7-6-8-10-12/h6-10H,5,11-12H2,1-4H3;5-9H,4,10-11H2,1-3H3,(H,16,17);7-12H,6H2,1-5H3;6-11H,5H2,1-4H3,(H,15,16). The normalized spacial score (nSPS) is 15.4. The third-order valence-corrected chi connectivity index (χ3v) is 15.2. The van der Waals surface area contributed by atoms with Crippen LogP contribution in [0.25, 0.3) is 0 Å². The van der Waals surface area contributed by atoms with Gasteiger partial charge in [0.05, 0.1) is 23.2 Å². The van der Waals surface area contributed by atoms with E-state index >= 15 is 0 Å². The molecule has 2 aliphatic carbocycles. The summed E-state index contributed by atoms with van der Waals surface area (Å²) >= 11 is 0. The van der Waals surface area contributed by atoms with E-state index < -0.39 is 0 Å². The van der Waals surface area contributed by atoms with Gasteiger partial charge in [0, 0.05) is 35.8 Å². The van der Waals surface area contributed by atoms with Crippen molar-refractivity contribution in [2.24, 2.45) is 21.7 Å². The first-order valence-corrected chi connectivity index (χ1v) is 25.2. The topological polar surface area (TPSA) is 98.8 Å². The maximum atomic E-state index is 12.6. The van der Waals surface area contributed by atoms with E-state index in [0.29, 0.717) is 0 Å². The zero-order valence-corrected chi connectivity index (χ0v) is 44.9. The Morgan fingerprint density at radius 1 is 0.500 bits per heavy atom. The molecule has 2 fully saturated rings. The Balaban J connectivity index is 0.000000240. The van der Waals surface area contributed by atoms with Gasteiger partial charge in [0.1, 0.15) is 0 Å². The first-order chi connectivity index (χ1) is 31.8. The Morgan fingerprint density at radius 2 is 0.868 bits per heavy atom. The smallest absolute Gasteiger partial charge is 0.228 e. The molecule has 2 unspecified atom stereocenters. The van der Waals surface area contributed by atoms with Gasteiger partial charge in [0.25, 0.3) is 0 Å². The van der Waals surface area contributed by atoms with Crippen LogP contribution in [-0.2, 0) is 30.3 Å². The SMILES string of the molecule is CCC(C)(C)C(=O)N(C)C(C)c1ccccc1.CCC(C)(C)C(=O)N(C)C1(c2ccccc2)CC1.CCC(C)(C)C(=O)NC(C)c1ccccc1.CCC(C)(C)C(=O)NC1(c2ccccc2)CC1. The maximum absolute atomic E-state index is 12.6. The van der Waals surface area contributed by atoms with Crippen molar-refractivity contribution in [2.75, 3.05) is 14.1 Å². The number of hydrogen-bond donors (Lipinski definition) is 2. The first kappa shape index (κ1) is 57.1. The molecule has 8 heteroatoms. The highest BCUT2D eigenvalue weighted by Gasteiger charge is 2.51. The van der Waals surface area contributed by atoms with Gasteiger partial charge < -0.3 is 20.4 Å². The van der Waals surface area contributed by atoms with Crippen molar-refractivity contribution in [1.82, 2.24) is 20.4 Å². The zero-order valence-electron chi connectivity index (χ0n) is 44.9. The van der Waals surface area contributed by atoms with Gasteiger partial charge in [-0.1, -0.05) is 204 Å². The molecule has 2 saturated carbocycles. The van der Waals surface area contributed by atoms with Gasteiger partial charge in [-0.3, -0.25) is 19.2 Å². The third-order valence-electron chi connectivity index (χ3n) is 15.2. The summed E-state index contributed by atoms with van der Waals surface area (Å²) in [5.41, 5.74) is 3.60. The quantitative estimate of drug-likeness (QED) is 0.117. The summed E-state index contributed by atoms with van der Waals surface area (Å²) in [6, 6.07) is 41.0. The molecule has 6 rings (SSSR count). The Hall–Kier alpha value is -5.24. The summed E-state index contributed by atoms with van der Waals surface area (Å²) in [7, 11) is 3.84. The van der Waals surface area contributed by atoms with Crippen molar-refractivity contribution < 1.29 is 19.2 Å². The van der Waals surface area contributed by atoms with Crippen LogP contribution in [0.4, 0.5) is 0 Å². The minimum atomic E-state index is -0.289. The molecule has 0 aromatic heterocycles. The average Bonchev–Trinajstić information content (AvgIpc) is 4.31. The van der Waals surface area contributed by atoms with Gasteiger partial charge in [-0.25, -0.2) is 0 Å². The Bertz CT molecular complexity index is 2180. The molecule has 2 N–H and O–H groups in total. The van der Waals surface area contributed by atoms with Crippen molar-refractivity contribution in [3.8, 4) is 0 Å². The van der Waals surface area contributed by atoms with Crippen LogP contribution in [0.5, 0.6) is 0 Å². The van der Waals surface area contributed by atoms with E-state index in [0.717, 1.165) is 56.9 Å². The van der Waals surface area contributed by atoms with E-state index in [9.17, 15) is 19.2 Å². The molecule has 372 valence electrons. The second-order valence-corrected chi connectivity index (χ2v) is 21.7. The van der Waals surface area contributed by atoms with E-state index in [4.69, 9.17) is 0 Å². The molecule has 8 nitrogen and oxygen atoms in total. The lowest BCUT2D eigenvalue weighted by molar-refractivity contribution is -0.142. The highest BCUT2D eigenvalue weighted by Crippen LogP contribution is 2.51. The fraction of sp³-hybridized carbons (Fsp3) is 0.533. The molecule has 4 aromatic carbocycles. The third kappa shape index (κ3) is 15.1. The number of hydrogen-bond acceptors (Lipinski definition) is 4. The van der Waals surface area contributed by atoms with Crippen LogP contribution < -0.4 is 10.6 Å². The molecule has 4 amide bonds. The molecule has 2 atom stereocenters. The summed E-state index contributed by atoms with van der Waals surface area (Å²) in [6.07, 6.45) is 7.73. The lowest BCUT2D eigenvalue weighted by Gasteiger charge is -2.35. The highest BCUT2D eigenvalue weighted by atomic mass is 16.2. The fourth-order valence-electron chi connectivity index (χ4n) is 7.54. The van der Waals surface area contributed by atoms with Crippen molar-refractivity contribution in [2.45, 2.75) is 171 Å². The van der Waals surface area contributed by atoms with Crippen LogP contribution in [0, 0.1) is 21.7 Å². The number of nitrogens with one attached hydrogen (secondary N) is 2. The van der Waals surface area contributed by atoms with Crippen LogP contribution in [0.3, 0.4) is 0 Å². The molecule has 0 bridgehead atoms. The van der Waals surface area contributed by atoms with E-state index in [1.807, 2.05) is 166 Å². The van der Waals surface area contributed by atoms with Crippen molar-refractivity contribution in [3.05, 3.63) is 144 Å². The van der Waals surface area contributed by atoms with Crippen molar-refractivity contribution in [1.29, 1.82) is 0 Å². The summed E-state index contributed by atoms with van der Waals surface area (Å²) in [5, 5.41) is 6.28. The predicted molar refractivity (Wildman–Crippen MR) is 283 cm³/mol. The van der Waals surface area contributed by atoms with E-state index in [-0.39, 0.29) is 68.5 Å². The second-order valence-electron chi connectivity index (χ2n) is 21.7. The lowest BCUT2D eigenvalue weighted by atomic mass is 9.87. The molecule has 2 aliphatic rings. The summed E-state index contributed by atoms with van der Waals surface area (Å²) in [6.45, 7) is 28.3. The Morgan fingerprint density at radius 3 is 1.26 bits per heavy atom. The van der Waals surface area contributed by atoms with Gasteiger partial charge in [-0.05, 0) is 87.5 Å². The number of benzene rings is 4. The summed E-state index contributed by atoms with van der Waals surface area (Å²) in [4.78, 5) is 52.9. The van der Waals surface area contributed by atoms with Gasteiger partial charge >= 0.3 is 0 Å². The predicted octanol–water partition coefficient (Wildman–Crippen LogP) is 13.7. The first-order valence-electron chi connectivity index (χ1n) is 25.2. The number of carbonyl (C=O) groups excluding carboxylic acids is 4. The number of carbonyl (C=O) groups is 4. The molecular weight excluding hydrogens is 841 g/mol. The molecule has 0 saturated heterocycles. The largest absolute Gasteiger partial charge is 0.349 e. The average molecular weight is 929 g/mol. The molecule has 4 aromatic rings. The molecule has 0 heterocycles. The van der Waals surface area contributed by atoms with Crippen LogP contribution in [-0.4, -0.2) is 47.5 Å². The number of nitrogens with zero attached hydrogens (tertiary/aromatic N) is 2.